The molecule has 0 radical (unpaired) electrons. The van der Waals surface area contributed by atoms with Crippen LogP contribution >= 0.6 is 11.8 Å². The Morgan fingerprint density at radius 1 is 1.57 bits per heavy atom. The summed E-state index contributed by atoms with van der Waals surface area (Å²) in [6.45, 7) is 3.65. The number of rotatable bonds is 7. The van der Waals surface area contributed by atoms with E-state index in [0.717, 1.165) is 30.8 Å². The van der Waals surface area contributed by atoms with E-state index in [-0.39, 0.29) is 5.97 Å². The summed E-state index contributed by atoms with van der Waals surface area (Å²) in [5.41, 5.74) is 0.740. The first-order chi connectivity index (χ1) is 6.76. The van der Waals surface area contributed by atoms with Crippen LogP contribution in [0.25, 0.3) is 0 Å². The number of hydrogen-bond acceptors (Lipinski definition) is 4. The van der Waals surface area contributed by atoms with Crippen molar-refractivity contribution in [3.63, 3.8) is 0 Å². The van der Waals surface area contributed by atoms with Crippen LogP contribution in [0.5, 0.6) is 0 Å². The van der Waals surface area contributed by atoms with Gasteiger partial charge in [-0.15, -0.1) is 0 Å². The van der Waals surface area contributed by atoms with Crippen LogP contribution < -0.4 is 5.32 Å². The molecule has 0 saturated heterocycles. The van der Waals surface area contributed by atoms with Crippen molar-refractivity contribution in [2.45, 2.75) is 13.3 Å². The Balaban J connectivity index is 3.76. The molecule has 0 heterocycles. The van der Waals surface area contributed by atoms with E-state index in [0.29, 0.717) is 0 Å². The second-order valence-electron chi connectivity index (χ2n) is 2.77. The molecule has 0 aromatic carbocycles. The van der Waals surface area contributed by atoms with Gasteiger partial charge < -0.3 is 10.1 Å². The molecule has 0 unspecified atom stereocenters. The molecule has 0 spiro atoms. The first-order valence-corrected chi connectivity index (χ1v) is 6.12. The lowest BCUT2D eigenvalue weighted by molar-refractivity contribution is -0.136. The van der Waals surface area contributed by atoms with Crippen molar-refractivity contribution in [3.05, 3.63) is 11.6 Å². The van der Waals surface area contributed by atoms with E-state index in [1.807, 2.05) is 13.0 Å². The summed E-state index contributed by atoms with van der Waals surface area (Å²) in [6.07, 6.45) is 4.69. The van der Waals surface area contributed by atoms with Crippen LogP contribution in [0.15, 0.2) is 11.6 Å². The van der Waals surface area contributed by atoms with Gasteiger partial charge in [0.15, 0.2) is 0 Å². The number of esters is 1. The van der Waals surface area contributed by atoms with E-state index in [1.54, 1.807) is 11.8 Å². The Labute approximate surface area is 90.3 Å². The van der Waals surface area contributed by atoms with E-state index in [4.69, 9.17) is 0 Å². The minimum absolute atomic E-state index is 0.223. The van der Waals surface area contributed by atoms with Crippen LogP contribution in [-0.2, 0) is 9.53 Å². The molecule has 0 bridgehead atoms. The maximum absolute atomic E-state index is 11.1. The van der Waals surface area contributed by atoms with Gasteiger partial charge in [-0.3, -0.25) is 0 Å². The Bertz CT molecular complexity index is 193. The lowest BCUT2D eigenvalue weighted by atomic mass is 10.2. The van der Waals surface area contributed by atoms with Crippen molar-refractivity contribution in [2.75, 3.05) is 32.2 Å². The van der Waals surface area contributed by atoms with Gasteiger partial charge in [0.1, 0.15) is 0 Å². The number of carbonyl (C=O) groups excluding carboxylic acids is 1. The van der Waals surface area contributed by atoms with Gasteiger partial charge in [0, 0.05) is 24.4 Å². The summed E-state index contributed by atoms with van der Waals surface area (Å²) in [5, 5.41) is 3.23. The van der Waals surface area contributed by atoms with Crippen molar-refractivity contribution < 1.29 is 9.53 Å². The lowest BCUT2D eigenvalue weighted by Gasteiger charge is -2.03. The van der Waals surface area contributed by atoms with Crippen LogP contribution in [0.1, 0.15) is 13.3 Å². The Morgan fingerprint density at radius 2 is 2.29 bits per heavy atom. The van der Waals surface area contributed by atoms with Crippen molar-refractivity contribution in [2.24, 2.45) is 0 Å². The van der Waals surface area contributed by atoms with E-state index in [9.17, 15) is 4.79 Å². The summed E-state index contributed by atoms with van der Waals surface area (Å²) in [4.78, 5) is 11.1. The molecule has 0 aromatic rings. The quantitative estimate of drug-likeness (QED) is 0.398. The number of thioether (sulfide) groups is 1. The highest BCUT2D eigenvalue weighted by atomic mass is 32.2. The summed E-state index contributed by atoms with van der Waals surface area (Å²) in [5.74, 6) is 0.868. The molecule has 0 aliphatic rings. The Kier molecular flexibility index (Phi) is 8.78. The smallest absolute Gasteiger partial charge is 0.333 e. The van der Waals surface area contributed by atoms with E-state index >= 15 is 0 Å². The monoisotopic (exact) mass is 217 g/mol. The van der Waals surface area contributed by atoms with Crippen molar-refractivity contribution in [1.82, 2.24) is 5.32 Å². The fraction of sp³-hybridized carbons (Fsp3) is 0.700. The van der Waals surface area contributed by atoms with Gasteiger partial charge in [0.2, 0.25) is 0 Å². The van der Waals surface area contributed by atoms with E-state index < -0.39 is 0 Å². The zero-order chi connectivity index (χ0) is 10.8. The van der Waals surface area contributed by atoms with Crippen LogP contribution in [0.4, 0.5) is 0 Å². The number of hydrogen-bond donors (Lipinski definition) is 1. The number of carbonyl (C=O) groups is 1. The third-order valence-electron chi connectivity index (χ3n) is 1.80. The standard InChI is InChI=1S/C10H19NO2S/c1-4-9(10(12)13-2)5-6-11-7-8-14-3/h5,11H,4,6-8H2,1-3H3. The first kappa shape index (κ1) is 13.5. The van der Waals surface area contributed by atoms with Gasteiger partial charge in [-0.25, -0.2) is 4.79 Å². The third kappa shape index (κ3) is 6.05. The van der Waals surface area contributed by atoms with E-state index in [2.05, 4.69) is 16.3 Å². The maximum Gasteiger partial charge on any atom is 0.333 e. The predicted octanol–water partition coefficient (Wildman–Crippen LogP) is 1.45. The average molecular weight is 217 g/mol. The molecule has 3 nitrogen and oxygen atoms in total. The molecule has 1 N–H and O–H groups in total. The molecule has 0 aliphatic carbocycles. The van der Waals surface area contributed by atoms with E-state index in [1.165, 1.54) is 7.11 Å². The van der Waals surface area contributed by atoms with Gasteiger partial charge >= 0.3 is 5.97 Å². The molecule has 0 fully saturated rings. The highest BCUT2D eigenvalue weighted by molar-refractivity contribution is 7.98. The van der Waals surface area contributed by atoms with Crippen LogP contribution in [-0.4, -0.2) is 38.2 Å². The van der Waals surface area contributed by atoms with Crippen LogP contribution in [0.3, 0.4) is 0 Å². The molecule has 0 aromatic heterocycles. The molecule has 0 aliphatic heterocycles. The minimum Gasteiger partial charge on any atom is -0.466 e. The molecule has 4 heteroatoms. The molecular formula is C10H19NO2S. The normalized spacial score (nSPS) is 11.5. The Hall–Kier alpha value is -0.480. The second kappa shape index (κ2) is 9.09. The molecule has 82 valence electrons. The topological polar surface area (TPSA) is 38.3 Å². The minimum atomic E-state index is -0.223. The van der Waals surface area contributed by atoms with Crippen molar-refractivity contribution in [1.29, 1.82) is 0 Å². The maximum atomic E-state index is 11.1. The van der Waals surface area contributed by atoms with Gasteiger partial charge in [0.25, 0.3) is 0 Å². The van der Waals surface area contributed by atoms with Crippen molar-refractivity contribution >= 4 is 17.7 Å². The number of ether oxygens (including phenoxy) is 1. The zero-order valence-electron chi connectivity index (χ0n) is 9.13. The summed E-state index contributed by atoms with van der Waals surface area (Å²) < 4.78 is 4.64. The first-order valence-electron chi connectivity index (χ1n) is 4.73. The van der Waals surface area contributed by atoms with Crippen LogP contribution in [0.2, 0.25) is 0 Å². The summed E-state index contributed by atoms with van der Waals surface area (Å²) in [7, 11) is 1.41. The lowest BCUT2D eigenvalue weighted by Crippen LogP contribution is -2.18. The number of methoxy groups -OCH3 is 1. The molecule has 0 saturated carbocycles. The fourth-order valence-corrected chi connectivity index (χ4v) is 1.32. The third-order valence-corrected chi connectivity index (χ3v) is 2.42. The fourth-order valence-electron chi connectivity index (χ4n) is 0.975. The summed E-state index contributed by atoms with van der Waals surface area (Å²) in [6, 6.07) is 0. The predicted molar refractivity (Wildman–Crippen MR) is 61.6 cm³/mol. The van der Waals surface area contributed by atoms with Gasteiger partial charge in [-0.2, -0.15) is 11.8 Å². The number of nitrogens with one attached hydrogen (secondary N) is 1. The van der Waals surface area contributed by atoms with Gasteiger partial charge in [0.05, 0.1) is 7.11 Å². The van der Waals surface area contributed by atoms with Gasteiger partial charge in [-0.1, -0.05) is 13.0 Å². The molecule has 14 heavy (non-hydrogen) atoms. The van der Waals surface area contributed by atoms with Gasteiger partial charge in [-0.05, 0) is 12.7 Å². The summed E-state index contributed by atoms with van der Waals surface area (Å²) >= 11 is 1.80. The molecule has 0 rings (SSSR count). The molecule has 0 amide bonds. The molecular weight excluding hydrogens is 198 g/mol. The van der Waals surface area contributed by atoms with Crippen LogP contribution in [0, 0.1) is 0 Å². The zero-order valence-corrected chi connectivity index (χ0v) is 9.95. The largest absolute Gasteiger partial charge is 0.466 e. The average Bonchev–Trinajstić information content (AvgIpc) is 2.22. The highest BCUT2D eigenvalue weighted by Crippen LogP contribution is 2.01. The molecule has 0 atom stereocenters. The second-order valence-corrected chi connectivity index (χ2v) is 3.76. The Morgan fingerprint density at radius 3 is 2.79 bits per heavy atom. The SMILES string of the molecule is CCC(=CCNCCSC)C(=O)OC. The highest BCUT2D eigenvalue weighted by Gasteiger charge is 2.04. The van der Waals surface area contributed by atoms with Crippen molar-refractivity contribution in [3.8, 4) is 0 Å².